The topological polar surface area (TPSA) is 115 Å². The summed E-state index contributed by atoms with van der Waals surface area (Å²) in [5.41, 5.74) is 19.1. The minimum Gasteiger partial charge on any atom is -0.483 e. The summed E-state index contributed by atoms with van der Waals surface area (Å²) in [6.45, 7) is 5.75. The van der Waals surface area contributed by atoms with E-state index in [1.165, 1.54) is 11.1 Å². The molecule has 0 aliphatic carbocycles. The van der Waals surface area contributed by atoms with Crippen molar-refractivity contribution >= 4 is 6.47 Å². The molecule has 0 saturated carbocycles. The van der Waals surface area contributed by atoms with Gasteiger partial charge in [-0.25, -0.2) is 0 Å². The fourth-order valence-corrected chi connectivity index (χ4v) is 1.46. The van der Waals surface area contributed by atoms with Gasteiger partial charge in [0.1, 0.15) is 0 Å². The summed E-state index contributed by atoms with van der Waals surface area (Å²) in [4.78, 5) is 8.36. The highest BCUT2D eigenvalue weighted by atomic mass is 16.3. The van der Waals surface area contributed by atoms with E-state index in [9.17, 15) is 0 Å². The Bertz CT molecular complexity index is 282. The average Bonchev–Trinajstić information content (AvgIpc) is 2.34. The maximum absolute atomic E-state index is 8.36. The Morgan fingerprint density at radius 1 is 1.05 bits per heavy atom. The third-order valence-electron chi connectivity index (χ3n) is 2.05. The van der Waals surface area contributed by atoms with Crippen molar-refractivity contribution in [1.29, 1.82) is 0 Å². The molecule has 0 radical (unpaired) electrons. The predicted octanol–water partition coefficient (Wildman–Crippen LogP) is 1.09. The Morgan fingerprint density at radius 2 is 1.37 bits per heavy atom. The molecule has 0 amide bonds. The van der Waals surface area contributed by atoms with Crippen molar-refractivity contribution in [2.24, 2.45) is 17.2 Å². The second-order valence-electron chi connectivity index (χ2n) is 3.97. The fraction of sp³-hybridized carbons (Fsp3) is 0.500. The van der Waals surface area contributed by atoms with E-state index in [0.29, 0.717) is 0 Å². The van der Waals surface area contributed by atoms with Crippen LogP contribution in [0.3, 0.4) is 0 Å². The summed E-state index contributed by atoms with van der Waals surface area (Å²) < 4.78 is 0. The van der Waals surface area contributed by atoms with Crippen LogP contribution in [0.5, 0.6) is 0 Å². The maximum atomic E-state index is 8.36. The molecule has 1 aromatic carbocycles. The van der Waals surface area contributed by atoms with Crippen molar-refractivity contribution in [3.8, 4) is 0 Å². The molecule has 0 aliphatic heterocycles. The summed E-state index contributed by atoms with van der Waals surface area (Å²) in [6.07, 6.45) is 1.36. The van der Waals surface area contributed by atoms with E-state index in [1.807, 2.05) is 20.8 Å². The molecule has 0 aromatic heterocycles. The van der Waals surface area contributed by atoms with Crippen LogP contribution in [0.4, 0.5) is 0 Å². The van der Waals surface area contributed by atoms with Crippen molar-refractivity contribution < 1.29 is 9.90 Å². The zero-order chi connectivity index (χ0) is 15.3. The molecule has 5 heteroatoms. The normalized spacial score (nSPS) is 10.7. The second-order valence-corrected chi connectivity index (χ2v) is 3.97. The van der Waals surface area contributed by atoms with Gasteiger partial charge in [-0.2, -0.15) is 0 Å². The molecule has 1 unspecified atom stereocenters. The molecule has 1 atom stereocenters. The molecule has 5 nitrogen and oxygen atoms in total. The first kappa shape index (κ1) is 19.9. The van der Waals surface area contributed by atoms with E-state index >= 15 is 0 Å². The number of nitrogens with two attached hydrogens (primary N) is 3. The lowest BCUT2D eigenvalue weighted by atomic mass is 10.0. The van der Waals surface area contributed by atoms with Crippen LogP contribution in [-0.2, 0) is 17.6 Å². The minimum atomic E-state index is -0.269. The first-order valence-corrected chi connectivity index (χ1v) is 6.42. The summed E-state index contributed by atoms with van der Waals surface area (Å²) in [7, 11) is 0. The smallest absolute Gasteiger partial charge is 0.290 e. The van der Waals surface area contributed by atoms with Crippen LogP contribution >= 0.6 is 0 Å². The Hall–Kier alpha value is -1.43. The summed E-state index contributed by atoms with van der Waals surface area (Å²) in [5, 5.41) is 6.89. The summed E-state index contributed by atoms with van der Waals surface area (Å²) in [6, 6.07) is 8.49. The van der Waals surface area contributed by atoms with Gasteiger partial charge in [-0.1, -0.05) is 38.1 Å². The SMILES string of the molecule is CC.CC(N)Cc1ccc(CC(N)N)cc1.O=CO. The average molecular weight is 269 g/mol. The van der Waals surface area contributed by atoms with E-state index < -0.39 is 0 Å². The number of benzene rings is 1. The molecule has 0 spiro atoms. The fourth-order valence-electron chi connectivity index (χ4n) is 1.46. The quantitative estimate of drug-likeness (QED) is 0.482. The summed E-state index contributed by atoms with van der Waals surface area (Å²) >= 11 is 0. The number of carbonyl (C=O) groups is 1. The van der Waals surface area contributed by atoms with Gasteiger partial charge in [0.2, 0.25) is 0 Å². The van der Waals surface area contributed by atoms with E-state index in [4.69, 9.17) is 27.1 Å². The standard InChI is InChI=1S/C11H19N3.C2H6.CH2O2/c1-8(12)6-9-2-4-10(5-3-9)7-11(13)14;1-2;2-1-3/h2-5,8,11H,6-7,12-14H2,1H3;1-2H3;1H,(H,2,3). The van der Waals surface area contributed by atoms with Gasteiger partial charge in [-0.05, 0) is 24.5 Å². The lowest BCUT2D eigenvalue weighted by Crippen LogP contribution is -2.32. The van der Waals surface area contributed by atoms with Crippen molar-refractivity contribution in [3.63, 3.8) is 0 Å². The monoisotopic (exact) mass is 269 g/mol. The van der Waals surface area contributed by atoms with Gasteiger partial charge in [0.25, 0.3) is 6.47 Å². The molecule has 0 saturated heterocycles. The zero-order valence-corrected chi connectivity index (χ0v) is 12.0. The molecule has 110 valence electrons. The first-order chi connectivity index (χ1) is 8.99. The van der Waals surface area contributed by atoms with Gasteiger partial charge < -0.3 is 22.3 Å². The van der Waals surface area contributed by atoms with E-state index in [2.05, 4.69) is 24.3 Å². The van der Waals surface area contributed by atoms with Gasteiger partial charge in [0, 0.05) is 12.5 Å². The van der Waals surface area contributed by atoms with Crippen molar-refractivity contribution in [3.05, 3.63) is 35.4 Å². The number of rotatable bonds is 4. The Labute approximate surface area is 115 Å². The van der Waals surface area contributed by atoms with Gasteiger partial charge in [-0.3, -0.25) is 4.79 Å². The summed E-state index contributed by atoms with van der Waals surface area (Å²) in [5.74, 6) is 0. The van der Waals surface area contributed by atoms with Gasteiger partial charge in [0.05, 0.1) is 6.17 Å². The third kappa shape index (κ3) is 12.8. The highest BCUT2D eigenvalue weighted by Gasteiger charge is 2.00. The molecule has 0 fully saturated rings. The van der Waals surface area contributed by atoms with E-state index in [-0.39, 0.29) is 18.7 Å². The maximum Gasteiger partial charge on any atom is 0.290 e. The molecule has 0 bridgehead atoms. The molecule has 19 heavy (non-hydrogen) atoms. The molecule has 0 heterocycles. The number of hydrogen-bond donors (Lipinski definition) is 4. The van der Waals surface area contributed by atoms with Crippen LogP contribution in [0.25, 0.3) is 0 Å². The van der Waals surface area contributed by atoms with Gasteiger partial charge in [0.15, 0.2) is 0 Å². The molecular formula is C14H27N3O2. The Kier molecular flexibility index (Phi) is 13.6. The Morgan fingerprint density at radius 3 is 1.63 bits per heavy atom. The van der Waals surface area contributed by atoms with Gasteiger partial charge >= 0.3 is 0 Å². The molecule has 0 aliphatic rings. The van der Waals surface area contributed by atoms with Crippen LogP contribution in [-0.4, -0.2) is 23.8 Å². The van der Waals surface area contributed by atoms with E-state index in [1.54, 1.807) is 0 Å². The van der Waals surface area contributed by atoms with Crippen LogP contribution < -0.4 is 17.2 Å². The van der Waals surface area contributed by atoms with Crippen LogP contribution in [0.1, 0.15) is 31.9 Å². The molecule has 1 aromatic rings. The van der Waals surface area contributed by atoms with Crippen molar-refractivity contribution in [2.45, 2.75) is 45.8 Å². The highest BCUT2D eigenvalue weighted by molar-refractivity contribution is 5.32. The van der Waals surface area contributed by atoms with Crippen LogP contribution in [0.2, 0.25) is 0 Å². The molecular weight excluding hydrogens is 242 g/mol. The largest absolute Gasteiger partial charge is 0.483 e. The van der Waals surface area contributed by atoms with Crippen molar-refractivity contribution in [2.75, 3.05) is 0 Å². The molecule has 7 N–H and O–H groups in total. The number of carboxylic acid groups (broad SMARTS) is 1. The number of hydrogen-bond acceptors (Lipinski definition) is 4. The lowest BCUT2D eigenvalue weighted by Gasteiger charge is -2.08. The second kappa shape index (κ2) is 13.0. The van der Waals surface area contributed by atoms with Crippen LogP contribution in [0.15, 0.2) is 24.3 Å². The van der Waals surface area contributed by atoms with Crippen molar-refractivity contribution in [1.82, 2.24) is 0 Å². The first-order valence-electron chi connectivity index (χ1n) is 6.42. The zero-order valence-electron chi connectivity index (χ0n) is 12.0. The van der Waals surface area contributed by atoms with E-state index in [0.717, 1.165) is 12.8 Å². The molecule has 1 rings (SSSR count). The lowest BCUT2D eigenvalue weighted by molar-refractivity contribution is -0.122. The van der Waals surface area contributed by atoms with Crippen LogP contribution in [0, 0.1) is 0 Å². The minimum absolute atomic E-state index is 0.206. The Balaban J connectivity index is 0. The van der Waals surface area contributed by atoms with Gasteiger partial charge in [-0.15, -0.1) is 0 Å². The third-order valence-corrected chi connectivity index (χ3v) is 2.05. The highest BCUT2D eigenvalue weighted by Crippen LogP contribution is 2.07. The predicted molar refractivity (Wildman–Crippen MR) is 79.7 cm³/mol.